The molecule has 0 aliphatic carbocycles. The van der Waals surface area contributed by atoms with Crippen molar-refractivity contribution in [2.24, 2.45) is 0 Å². The van der Waals surface area contributed by atoms with Crippen LogP contribution in [0.5, 0.6) is 28.7 Å². The topological polar surface area (TPSA) is 66.5 Å². The van der Waals surface area contributed by atoms with Crippen LogP contribution in [0.4, 0.5) is 0 Å². The Morgan fingerprint density at radius 2 is 1.46 bits per heavy atom. The van der Waals surface area contributed by atoms with Crippen molar-refractivity contribution in [2.45, 2.75) is 13.5 Å². The first-order valence-corrected chi connectivity index (χ1v) is 8.91. The molecule has 0 aromatic heterocycles. The number of hydrogen-bond acceptors (Lipinski definition) is 6. The van der Waals surface area contributed by atoms with Crippen LogP contribution in [0.1, 0.15) is 12.5 Å². The van der Waals surface area contributed by atoms with Crippen LogP contribution >= 0.6 is 0 Å². The van der Waals surface area contributed by atoms with Gasteiger partial charge in [0.25, 0.3) is 5.91 Å². The van der Waals surface area contributed by atoms with E-state index in [1.807, 2.05) is 25.1 Å². The van der Waals surface area contributed by atoms with Crippen LogP contribution in [0.15, 0.2) is 36.4 Å². The van der Waals surface area contributed by atoms with Gasteiger partial charge in [-0.2, -0.15) is 0 Å². The van der Waals surface area contributed by atoms with Gasteiger partial charge >= 0.3 is 0 Å². The maximum Gasteiger partial charge on any atom is 0.260 e. The number of benzene rings is 2. The third kappa shape index (κ3) is 5.22. The Hall–Kier alpha value is -3.09. The minimum absolute atomic E-state index is 0.0694. The van der Waals surface area contributed by atoms with Gasteiger partial charge in [0, 0.05) is 19.2 Å². The summed E-state index contributed by atoms with van der Waals surface area (Å²) in [6, 6.07) is 10.8. The zero-order valence-electron chi connectivity index (χ0n) is 17.0. The maximum absolute atomic E-state index is 12.4. The fourth-order valence-corrected chi connectivity index (χ4v) is 2.69. The molecule has 28 heavy (non-hydrogen) atoms. The van der Waals surface area contributed by atoms with Gasteiger partial charge in [-0.1, -0.05) is 0 Å². The number of amides is 1. The Morgan fingerprint density at radius 3 is 2.00 bits per heavy atom. The third-order valence-electron chi connectivity index (χ3n) is 4.12. The Labute approximate surface area is 165 Å². The van der Waals surface area contributed by atoms with E-state index < -0.39 is 0 Å². The molecule has 152 valence electrons. The van der Waals surface area contributed by atoms with Crippen molar-refractivity contribution in [3.8, 4) is 28.7 Å². The fourth-order valence-electron chi connectivity index (χ4n) is 2.69. The van der Waals surface area contributed by atoms with E-state index in [9.17, 15) is 4.79 Å². The predicted molar refractivity (Wildman–Crippen MR) is 106 cm³/mol. The SMILES string of the molecule is CCOc1ccc(OCC(=O)N(C)Cc2ccc(OC)c(OC)c2OC)cc1. The summed E-state index contributed by atoms with van der Waals surface area (Å²) in [5.41, 5.74) is 0.803. The summed E-state index contributed by atoms with van der Waals surface area (Å²) in [5, 5.41) is 0. The normalized spacial score (nSPS) is 10.2. The fraction of sp³-hybridized carbons (Fsp3) is 0.381. The molecule has 0 bridgehead atoms. The van der Waals surface area contributed by atoms with Gasteiger partial charge < -0.3 is 28.6 Å². The number of rotatable bonds is 10. The molecule has 7 nitrogen and oxygen atoms in total. The first kappa shape index (κ1) is 21.2. The molecule has 0 fully saturated rings. The summed E-state index contributed by atoms with van der Waals surface area (Å²) in [5.74, 6) is 2.80. The van der Waals surface area contributed by atoms with Crippen LogP contribution in [0.25, 0.3) is 0 Å². The highest BCUT2D eigenvalue weighted by molar-refractivity contribution is 5.77. The molecule has 0 radical (unpaired) electrons. The quantitative estimate of drug-likeness (QED) is 0.622. The Balaban J connectivity index is 2.00. The van der Waals surface area contributed by atoms with Gasteiger partial charge in [-0.25, -0.2) is 0 Å². The summed E-state index contributed by atoms with van der Waals surface area (Å²) in [6.45, 7) is 2.80. The second-order valence-electron chi connectivity index (χ2n) is 5.94. The van der Waals surface area contributed by atoms with Crippen LogP contribution < -0.4 is 23.7 Å². The van der Waals surface area contributed by atoms with Gasteiger partial charge in [-0.15, -0.1) is 0 Å². The highest BCUT2D eigenvalue weighted by Gasteiger charge is 2.19. The van der Waals surface area contributed by atoms with E-state index in [4.69, 9.17) is 23.7 Å². The van der Waals surface area contributed by atoms with Crippen molar-refractivity contribution in [2.75, 3.05) is 41.6 Å². The molecule has 0 atom stereocenters. The van der Waals surface area contributed by atoms with Crippen LogP contribution in [-0.2, 0) is 11.3 Å². The average Bonchev–Trinajstić information content (AvgIpc) is 2.72. The first-order valence-electron chi connectivity index (χ1n) is 8.91. The molecule has 2 aromatic rings. The lowest BCUT2D eigenvalue weighted by molar-refractivity contribution is -0.132. The van der Waals surface area contributed by atoms with Crippen molar-refractivity contribution in [1.29, 1.82) is 0 Å². The first-order chi connectivity index (χ1) is 13.5. The van der Waals surface area contributed by atoms with Gasteiger partial charge in [-0.05, 0) is 43.3 Å². The zero-order chi connectivity index (χ0) is 20.5. The highest BCUT2D eigenvalue weighted by atomic mass is 16.5. The molecule has 0 aliphatic rings. The number of hydrogen-bond donors (Lipinski definition) is 0. The standard InChI is InChI=1S/C21H27NO6/c1-6-27-16-8-10-17(11-9-16)28-14-19(23)22(2)13-15-7-12-18(24-3)21(26-5)20(15)25-4/h7-12H,6,13-14H2,1-5H3. The van der Waals surface area contributed by atoms with Crippen LogP contribution in [0, 0.1) is 0 Å². The number of ether oxygens (including phenoxy) is 5. The number of nitrogens with zero attached hydrogens (tertiary/aromatic N) is 1. The number of methoxy groups -OCH3 is 3. The van der Waals surface area contributed by atoms with Crippen molar-refractivity contribution < 1.29 is 28.5 Å². The second-order valence-corrected chi connectivity index (χ2v) is 5.94. The van der Waals surface area contributed by atoms with E-state index in [0.29, 0.717) is 36.1 Å². The molecule has 0 heterocycles. The van der Waals surface area contributed by atoms with Crippen molar-refractivity contribution in [3.05, 3.63) is 42.0 Å². The van der Waals surface area contributed by atoms with Gasteiger partial charge in [0.05, 0.1) is 27.9 Å². The molecular weight excluding hydrogens is 362 g/mol. The van der Waals surface area contributed by atoms with E-state index in [-0.39, 0.29) is 12.5 Å². The summed E-state index contributed by atoms with van der Waals surface area (Å²) in [4.78, 5) is 14.0. The minimum Gasteiger partial charge on any atom is -0.494 e. The third-order valence-corrected chi connectivity index (χ3v) is 4.12. The number of likely N-dealkylation sites (N-methyl/N-ethyl adjacent to an activating group) is 1. The molecule has 1 amide bonds. The van der Waals surface area contributed by atoms with Crippen molar-refractivity contribution >= 4 is 5.91 Å². The predicted octanol–water partition coefficient (Wildman–Crippen LogP) is 3.15. The molecule has 0 spiro atoms. The molecule has 0 saturated heterocycles. The van der Waals surface area contributed by atoms with Gasteiger partial charge in [0.2, 0.25) is 5.75 Å². The second kappa shape index (κ2) is 10.3. The molecule has 0 aliphatic heterocycles. The minimum atomic E-state index is -0.161. The lowest BCUT2D eigenvalue weighted by Gasteiger charge is -2.21. The number of carbonyl (C=O) groups is 1. The van der Waals surface area contributed by atoms with E-state index in [0.717, 1.165) is 11.3 Å². The summed E-state index contributed by atoms with van der Waals surface area (Å²) < 4.78 is 27.1. The Kier molecular flexibility index (Phi) is 7.80. The van der Waals surface area contributed by atoms with Crippen molar-refractivity contribution in [3.63, 3.8) is 0 Å². The van der Waals surface area contributed by atoms with E-state index in [1.165, 1.54) is 0 Å². The van der Waals surface area contributed by atoms with E-state index in [1.54, 1.807) is 51.5 Å². The van der Waals surface area contributed by atoms with Crippen LogP contribution in [-0.4, -0.2) is 52.4 Å². The van der Waals surface area contributed by atoms with Crippen LogP contribution in [0.2, 0.25) is 0 Å². The number of carbonyl (C=O) groups excluding carboxylic acids is 1. The molecule has 0 saturated carbocycles. The molecule has 0 N–H and O–H groups in total. The maximum atomic E-state index is 12.4. The average molecular weight is 389 g/mol. The van der Waals surface area contributed by atoms with Gasteiger partial charge in [0.1, 0.15) is 11.5 Å². The summed E-state index contributed by atoms with van der Waals surface area (Å²) >= 11 is 0. The smallest absolute Gasteiger partial charge is 0.260 e. The van der Waals surface area contributed by atoms with Crippen LogP contribution in [0.3, 0.4) is 0 Å². The lowest BCUT2D eigenvalue weighted by Crippen LogP contribution is -2.31. The van der Waals surface area contributed by atoms with E-state index >= 15 is 0 Å². The largest absolute Gasteiger partial charge is 0.494 e. The van der Waals surface area contributed by atoms with Crippen molar-refractivity contribution in [1.82, 2.24) is 4.90 Å². The highest BCUT2D eigenvalue weighted by Crippen LogP contribution is 2.40. The van der Waals surface area contributed by atoms with Gasteiger partial charge in [-0.3, -0.25) is 4.79 Å². The molecule has 2 aromatic carbocycles. The lowest BCUT2D eigenvalue weighted by atomic mass is 10.1. The Bertz CT molecular complexity index is 775. The van der Waals surface area contributed by atoms with Gasteiger partial charge in [0.15, 0.2) is 18.1 Å². The molecule has 2 rings (SSSR count). The molecule has 0 unspecified atom stereocenters. The molecular formula is C21H27NO6. The molecule has 7 heteroatoms. The summed E-state index contributed by atoms with van der Waals surface area (Å²) in [6.07, 6.45) is 0. The van der Waals surface area contributed by atoms with E-state index in [2.05, 4.69) is 0 Å². The Morgan fingerprint density at radius 1 is 0.857 bits per heavy atom. The summed E-state index contributed by atoms with van der Waals surface area (Å²) in [7, 11) is 6.37. The zero-order valence-corrected chi connectivity index (χ0v) is 17.0. The monoisotopic (exact) mass is 389 g/mol.